The minimum atomic E-state index is 0.961. The molecule has 23 heavy (non-hydrogen) atoms. The maximum Gasteiger partial charge on any atom is 0.0991 e. The Bertz CT molecular complexity index is 952. The first kappa shape index (κ1) is 13.5. The maximum absolute atomic E-state index is 4.65. The van der Waals surface area contributed by atoms with Gasteiger partial charge in [-0.05, 0) is 35.9 Å². The minimum absolute atomic E-state index is 0.961. The third kappa shape index (κ3) is 2.90. The van der Waals surface area contributed by atoms with Gasteiger partial charge >= 0.3 is 0 Å². The number of pyridine rings is 1. The lowest BCUT2D eigenvalue weighted by atomic mass is 10.1. The van der Waals surface area contributed by atoms with Crippen molar-refractivity contribution in [3.8, 4) is 5.69 Å². The van der Waals surface area contributed by atoms with Gasteiger partial charge in [-0.2, -0.15) is 0 Å². The van der Waals surface area contributed by atoms with Gasteiger partial charge in [-0.15, -0.1) is 0 Å². The smallest absolute Gasteiger partial charge is 0.0991 e. The molecule has 2 aromatic carbocycles. The number of nitrogens with zero attached hydrogens (tertiary/aromatic N) is 3. The lowest BCUT2D eigenvalue weighted by Crippen LogP contribution is -1.88. The van der Waals surface area contributed by atoms with Crippen LogP contribution in [0.5, 0.6) is 0 Å². The van der Waals surface area contributed by atoms with Crippen molar-refractivity contribution < 1.29 is 0 Å². The van der Waals surface area contributed by atoms with Gasteiger partial charge in [-0.3, -0.25) is 0 Å². The SMILES string of the molecule is C(=Cc1ccc2ccccc2n1)c1ccc(-n2ccnc2)cc1. The molecule has 0 amide bonds. The zero-order valence-electron chi connectivity index (χ0n) is 12.5. The van der Waals surface area contributed by atoms with Crippen molar-refractivity contribution in [3.05, 3.63) is 90.6 Å². The molecule has 110 valence electrons. The summed E-state index contributed by atoms with van der Waals surface area (Å²) in [4.78, 5) is 8.71. The normalized spacial score (nSPS) is 11.3. The van der Waals surface area contributed by atoms with Crippen LogP contribution in [0.25, 0.3) is 28.7 Å². The fourth-order valence-electron chi connectivity index (χ4n) is 2.53. The number of aromatic nitrogens is 3. The van der Waals surface area contributed by atoms with Gasteiger partial charge in [0.25, 0.3) is 0 Å². The molecule has 4 rings (SSSR count). The first-order chi connectivity index (χ1) is 11.4. The van der Waals surface area contributed by atoms with Gasteiger partial charge in [0.15, 0.2) is 0 Å². The van der Waals surface area contributed by atoms with Crippen LogP contribution in [0.2, 0.25) is 0 Å². The highest BCUT2D eigenvalue weighted by Gasteiger charge is 1.96. The summed E-state index contributed by atoms with van der Waals surface area (Å²) in [5.41, 5.74) is 4.22. The first-order valence-electron chi connectivity index (χ1n) is 7.51. The van der Waals surface area contributed by atoms with Crippen LogP contribution in [0.15, 0.2) is 79.4 Å². The molecule has 2 aromatic heterocycles. The second kappa shape index (κ2) is 5.89. The van der Waals surface area contributed by atoms with E-state index < -0.39 is 0 Å². The topological polar surface area (TPSA) is 30.7 Å². The molecule has 0 N–H and O–H groups in total. The highest BCUT2D eigenvalue weighted by molar-refractivity contribution is 5.80. The van der Waals surface area contributed by atoms with E-state index in [2.05, 4.69) is 52.4 Å². The number of hydrogen-bond donors (Lipinski definition) is 0. The van der Waals surface area contributed by atoms with Crippen LogP contribution in [-0.4, -0.2) is 14.5 Å². The molecule has 0 atom stereocenters. The lowest BCUT2D eigenvalue weighted by Gasteiger charge is -2.02. The molecule has 3 heteroatoms. The average molecular weight is 297 g/mol. The molecule has 0 saturated carbocycles. The molecular weight excluding hydrogens is 282 g/mol. The van der Waals surface area contributed by atoms with E-state index in [1.165, 1.54) is 0 Å². The van der Waals surface area contributed by atoms with Crippen molar-refractivity contribution in [1.82, 2.24) is 14.5 Å². The molecule has 0 radical (unpaired) electrons. The van der Waals surface area contributed by atoms with Crippen LogP contribution < -0.4 is 0 Å². The zero-order chi connectivity index (χ0) is 15.5. The summed E-state index contributed by atoms with van der Waals surface area (Å²) >= 11 is 0. The molecule has 4 aromatic rings. The Hall–Kier alpha value is -3.20. The Morgan fingerprint density at radius 2 is 1.70 bits per heavy atom. The van der Waals surface area contributed by atoms with E-state index in [1.807, 2.05) is 41.1 Å². The van der Waals surface area contributed by atoms with Crippen LogP contribution in [-0.2, 0) is 0 Å². The number of hydrogen-bond acceptors (Lipinski definition) is 2. The Morgan fingerprint density at radius 1 is 0.826 bits per heavy atom. The summed E-state index contributed by atoms with van der Waals surface area (Å²) < 4.78 is 1.98. The molecule has 0 unspecified atom stereocenters. The molecule has 0 spiro atoms. The van der Waals surface area contributed by atoms with E-state index in [-0.39, 0.29) is 0 Å². The van der Waals surface area contributed by atoms with E-state index in [4.69, 9.17) is 0 Å². The van der Waals surface area contributed by atoms with Crippen LogP contribution >= 0.6 is 0 Å². The summed E-state index contributed by atoms with van der Waals surface area (Å²) in [5, 5.41) is 1.16. The molecule has 0 aliphatic rings. The summed E-state index contributed by atoms with van der Waals surface area (Å²) in [7, 11) is 0. The van der Waals surface area contributed by atoms with Gasteiger partial charge in [0.2, 0.25) is 0 Å². The third-order valence-corrected chi connectivity index (χ3v) is 3.76. The van der Waals surface area contributed by atoms with Crippen molar-refractivity contribution in [1.29, 1.82) is 0 Å². The Kier molecular flexibility index (Phi) is 3.45. The maximum atomic E-state index is 4.65. The third-order valence-electron chi connectivity index (χ3n) is 3.76. The number of fused-ring (bicyclic) bond motifs is 1. The van der Waals surface area contributed by atoms with Crippen LogP contribution in [0.3, 0.4) is 0 Å². The van der Waals surface area contributed by atoms with Gasteiger partial charge in [0, 0.05) is 23.5 Å². The number of imidazole rings is 1. The highest BCUT2D eigenvalue weighted by Crippen LogP contribution is 2.15. The zero-order valence-corrected chi connectivity index (χ0v) is 12.5. The van der Waals surface area contributed by atoms with Gasteiger partial charge < -0.3 is 4.57 Å². The van der Waals surface area contributed by atoms with Crippen LogP contribution in [0.1, 0.15) is 11.3 Å². The Balaban J connectivity index is 1.57. The molecule has 0 aliphatic carbocycles. The quantitative estimate of drug-likeness (QED) is 0.553. The fraction of sp³-hybridized carbons (Fsp3) is 0. The second-order valence-electron chi connectivity index (χ2n) is 5.32. The summed E-state index contributed by atoms with van der Waals surface area (Å²) in [6, 6.07) is 20.6. The second-order valence-corrected chi connectivity index (χ2v) is 5.32. The summed E-state index contributed by atoms with van der Waals surface area (Å²) in [5.74, 6) is 0. The van der Waals surface area contributed by atoms with Crippen molar-refractivity contribution in [2.24, 2.45) is 0 Å². The van der Waals surface area contributed by atoms with E-state index in [0.717, 1.165) is 27.8 Å². The fourth-order valence-corrected chi connectivity index (χ4v) is 2.53. The van der Waals surface area contributed by atoms with Gasteiger partial charge in [0.1, 0.15) is 0 Å². The minimum Gasteiger partial charge on any atom is -0.306 e. The molecule has 0 saturated heterocycles. The Morgan fingerprint density at radius 3 is 2.52 bits per heavy atom. The van der Waals surface area contributed by atoms with Crippen molar-refractivity contribution in [3.63, 3.8) is 0 Å². The monoisotopic (exact) mass is 297 g/mol. The van der Waals surface area contributed by atoms with E-state index >= 15 is 0 Å². The lowest BCUT2D eigenvalue weighted by molar-refractivity contribution is 1.06. The largest absolute Gasteiger partial charge is 0.306 e. The van der Waals surface area contributed by atoms with Crippen LogP contribution in [0.4, 0.5) is 0 Å². The molecule has 2 heterocycles. The molecule has 3 nitrogen and oxygen atoms in total. The van der Waals surface area contributed by atoms with Crippen LogP contribution in [0, 0.1) is 0 Å². The predicted octanol–water partition coefficient (Wildman–Crippen LogP) is 4.59. The predicted molar refractivity (Wildman–Crippen MR) is 94.2 cm³/mol. The molecule has 0 bridgehead atoms. The van der Waals surface area contributed by atoms with Crippen molar-refractivity contribution in [2.75, 3.05) is 0 Å². The molecular formula is C20H15N3. The van der Waals surface area contributed by atoms with Gasteiger partial charge in [0.05, 0.1) is 17.5 Å². The van der Waals surface area contributed by atoms with Crippen molar-refractivity contribution >= 4 is 23.1 Å². The molecule has 0 aliphatic heterocycles. The van der Waals surface area contributed by atoms with Gasteiger partial charge in [-0.25, -0.2) is 9.97 Å². The number of benzene rings is 2. The summed E-state index contributed by atoms with van der Waals surface area (Å²) in [6.07, 6.45) is 9.63. The summed E-state index contributed by atoms with van der Waals surface area (Å²) in [6.45, 7) is 0. The number of para-hydroxylation sites is 1. The Labute approximate surface area is 134 Å². The van der Waals surface area contributed by atoms with E-state index in [1.54, 1.807) is 12.5 Å². The standard InChI is InChI=1S/C20H15N3/c1-2-4-20-17(3-1)8-10-18(22-20)9-5-16-6-11-19(12-7-16)23-14-13-21-15-23/h1-15H. The van der Waals surface area contributed by atoms with E-state index in [0.29, 0.717) is 0 Å². The number of rotatable bonds is 3. The van der Waals surface area contributed by atoms with Gasteiger partial charge in [-0.1, -0.05) is 42.5 Å². The molecule has 0 fully saturated rings. The van der Waals surface area contributed by atoms with E-state index in [9.17, 15) is 0 Å². The highest BCUT2D eigenvalue weighted by atomic mass is 15.0. The average Bonchev–Trinajstić information content (AvgIpc) is 3.15. The van der Waals surface area contributed by atoms with Crippen molar-refractivity contribution in [2.45, 2.75) is 0 Å². The first-order valence-corrected chi connectivity index (χ1v) is 7.51.